The van der Waals surface area contributed by atoms with Crippen LogP contribution in [0, 0.1) is 11.8 Å². The van der Waals surface area contributed by atoms with Gasteiger partial charge in [-0.05, 0) is 47.6 Å². The molecule has 7 heteroatoms. The molecular weight excluding hydrogens is 426 g/mol. The number of aliphatic carboxylic acids is 1. The van der Waals surface area contributed by atoms with Crippen molar-refractivity contribution in [2.45, 2.75) is 65.3 Å². The van der Waals surface area contributed by atoms with Gasteiger partial charge in [-0.25, -0.2) is 8.42 Å². The summed E-state index contributed by atoms with van der Waals surface area (Å²) in [5.74, 6) is -0.623. The average molecular weight is 462 g/mol. The molecule has 1 atom stereocenters. The molecule has 0 radical (unpaired) electrons. The molecular formula is C25H35NO5S. The number of carboxylic acids is 1. The van der Waals surface area contributed by atoms with E-state index in [2.05, 4.69) is 25.5 Å². The number of hydrogen-bond acceptors (Lipinski definition) is 4. The van der Waals surface area contributed by atoms with Gasteiger partial charge < -0.3 is 5.11 Å². The Hall–Kier alpha value is -2.51. The number of nitrogens with one attached hydrogen (secondary N) is 1. The molecule has 0 aromatic heterocycles. The van der Waals surface area contributed by atoms with Gasteiger partial charge in [0.25, 0.3) is 0 Å². The highest BCUT2D eigenvalue weighted by Gasteiger charge is 2.27. The van der Waals surface area contributed by atoms with E-state index >= 15 is 0 Å². The van der Waals surface area contributed by atoms with Crippen LogP contribution in [0.15, 0.2) is 53.4 Å². The summed E-state index contributed by atoms with van der Waals surface area (Å²) in [6.07, 6.45) is 1.68. The fraction of sp³-hybridized carbons (Fsp3) is 0.440. The number of Topliss-reactive ketones (excluding diaryl/α,β-unsaturated/α-hetero) is 1. The zero-order valence-electron chi connectivity index (χ0n) is 19.8. The summed E-state index contributed by atoms with van der Waals surface area (Å²) in [4.78, 5) is 22.4. The minimum Gasteiger partial charge on any atom is -0.480 e. The van der Waals surface area contributed by atoms with Crippen molar-refractivity contribution < 1.29 is 23.1 Å². The normalized spacial score (nSPS) is 12.2. The summed E-state index contributed by atoms with van der Waals surface area (Å²) in [5, 5.41) is 9.18. The van der Waals surface area contributed by atoms with E-state index in [1.54, 1.807) is 26.0 Å². The van der Waals surface area contributed by atoms with Crippen LogP contribution in [0.25, 0.3) is 11.1 Å². The molecule has 0 saturated carbocycles. The van der Waals surface area contributed by atoms with Gasteiger partial charge in [0.1, 0.15) is 11.8 Å². The fourth-order valence-electron chi connectivity index (χ4n) is 2.64. The first kappa shape index (κ1) is 27.5. The first-order chi connectivity index (χ1) is 14.9. The maximum Gasteiger partial charge on any atom is 0.322 e. The summed E-state index contributed by atoms with van der Waals surface area (Å²) < 4.78 is 27.1. The van der Waals surface area contributed by atoms with E-state index in [1.165, 1.54) is 25.5 Å². The topological polar surface area (TPSA) is 101 Å². The quantitative estimate of drug-likeness (QED) is 0.552. The van der Waals surface area contributed by atoms with Crippen LogP contribution in [0.4, 0.5) is 0 Å². The van der Waals surface area contributed by atoms with Gasteiger partial charge in [-0.1, -0.05) is 77.4 Å². The summed E-state index contributed by atoms with van der Waals surface area (Å²) in [5.41, 5.74) is 2.63. The zero-order valence-corrected chi connectivity index (χ0v) is 20.6. The van der Waals surface area contributed by atoms with Crippen molar-refractivity contribution in [2.75, 3.05) is 0 Å². The maximum absolute atomic E-state index is 12.4. The molecule has 0 aliphatic carbocycles. The SMILES string of the molecule is CC(=O)Cc1ccc(-c2ccc(S(=O)(=O)N[C@H](C(=O)O)C(C)C)cc2)cc1.CCC(C)C. The van der Waals surface area contributed by atoms with Crippen LogP contribution in [-0.4, -0.2) is 31.3 Å². The lowest BCUT2D eigenvalue weighted by atomic mass is 10.0. The number of carboxylic acid groups (broad SMARTS) is 1. The summed E-state index contributed by atoms with van der Waals surface area (Å²) in [7, 11) is -3.94. The molecule has 0 aliphatic heterocycles. The Labute approximate surface area is 192 Å². The van der Waals surface area contributed by atoms with Crippen molar-refractivity contribution in [3.8, 4) is 11.1 Å². The van der Waals surface area contributed by atoms with Gasteiger partial charge >= 0.3 is 5.97 Å². The van der Waals surface area contributed by atoms with E-state index in [1.807, 2.05) is 24.3 Å². The highest BCUT2D eigenvalue weighted by molar-refractivity contribution is 7.89. The molecule has 0 saturated heterocycles. The van der Waals surface area contributed by atoms with Gasteiger partial charge in [0.2, 0.25) is 10.0 Å². The van der Waals surface area contributed by atoms with Gasteiger partial charge in [-0.15, -0.1) is 0 Å². The van der Waals surface area contributed by atoms with Crippen molar-refractivity contribution in [3.05, 3.63) is 54.1 Å². The Morgan fingerprint density at radius 1 is 0.906 bits per heavy atom. The first-order valence-corrected chi connectivity index (χ1v) is 12.3. The number of carbonyl (C=O) groups excluding carboxylic acids is 1. The van der Waals surface area contributed by atoms with Gasteiger partial charge in [0.15, 0.2) is 0 Å². The smallest absolute Gasteiger partial charge is 0.322 e. The van der Waals surface area contributed by atoms with Crippen LogP contribution >= 0.6 is 0 Å². The highest BCUT2D eigenvalue weighted by atomic mass is 32.2. The molecule has 0 aliphatic rings. The molecule has 2 rings (SSSR count). The van der Waals surface area contributed by atoms with Crippen molar-refractivity contribution >= 4 is 21.8 Å². The van der Waals surface area contributed by atoms with Crippen LogP contribution in [-0.2, 0) is 26.0 Å². The van der Waals surface area contributed by atoms with Crippen molar-refractivity contribution in [1.82, 2.24) is 4.72 Å². The Bertz CT molecular complexity index is 978. The first-order valence-electron chi connectivity index (χ1n) is 10.8. The zero-order chi connectivity index (χ0) is 24.5. The van der Waals surface area contributed by atoms with Crippen molar-refractivity contribution in [2.24, 2.45) is 11.8 Å². The summed E-state index contributed by atoms with van der Waals surface area (Å²) in [6, 6.07) is 12.5. The number of carbonyl (C=O) groups is 2. The van der Waals surface area contributed by atoms with Crippen LogP contribution in [0.1, 0.15) is 53.5 Å². The second-order valence-electron chi connectivity index (χ2n) is 8.58. The molecule has 2 aromatic carbocycles. The summed E-state index contributed by atoms with van der Waals surface area (Å²) in [6.45, 7) is 11.5. The number of rotatable bonds is 9. The maximum atomic E-state index is 12.4. The molecule has 0 spiro atoms. The molecule has 0 unspecified atom stereocenters. The lowest BCUT2D eigenvalue weighted by molar-refractivity contribution is -0.140. The van der Waals surface area contributed by atoms with Gasteiger partial charge in [0, 0.05) is 6.42 Å². The second kappa shape index (κ2) is 12.5. The number of benzene rings is 2. The van der Waals surface area contributed by atoms with E-state index in [9.17, 15) is 23.1 Å². The van der Waals surface area contributed by atoms with Crippen molar-refractivity contribution in [1.29, 1.82) is 0 Å². The second-order valence-corrected chi connectivity index (χ2v) is 10.3. The van der Waals surface area contributed by atoms with E-state index < -0.39 is 22.0 Å². The van der Waals surface area contributed by atoms with E-state index in [4.69, 9.17) is 0 Å². The Morgan fingerprint density at radius 3 is 1.69 bits per heavy atom. The third-order valence-electron chi connectivity index (χ3n) is 4.94. The monoisotopic (exact) mass is 461 g/mol. The van der Waals surface area contributed by atoms with E-state index in [0.29, 0.717) is 6.42 Å². The highest BCUT2D eigenvalue weighted by Crippen LogP contribution is 2.22. The summed E-state index contributed by atoms with van der Waals surface area (Å²) >= 11 is 0. The molecule has 176 valence electrons. The largest absolute Gasteiger partial charge is 0.480 e. The average Bonchev–Trinajstić information content (AvgIpc) is 2.72. The molecule has 0 bridgehead atoms. The molecule has 2 N–H and O–H groups in total. The van der Waals surface area contributed by atoms with Gasteiger partial charge in [-0.3, -0.25) is 9.59 Å². The van der Waals surface area contributed by atoms with Crippen LogP contribution in [0.2, 0.25) is 0 Å². The van der Waals surface area contributed by atoms with E-state index in [0.717, 1.165) is 22.6 Å². The molecule has 0 fully saturated rings. The van der Waals surface area contributed by atoms with Crippen LogP contribution in [0.3, 0.4) is 0 Å². The predicted molar refractivity (Wildman–Crippen MR) is 128 cm³/mol. The van der Waals surface area contributed by atoms with Crippen molar-refractivity contribution in [3.63, 3.8) is 0 Å². The minimum absolute atomic E-state index is 0.00588. The van der Waals surface area contributed by atoms with Crippen LogP contribution < -0.4 is 4.72 Å². The Kier molecular flexibility index (Phi) is 10.8. The van der Waals surface area contributed by atoms with Gasteiger partial charge in [-0.2, -0.15) is 4.72 Å². The lowest BCUT2D eigenvalue weighted by Gasteiger charge is -2.18. The number of sulfonamides is 1. The standard InChI is InChI=1S/C20H23NO5S.C5H12/c1-13(2)19(20(23)24)21-27(25,26)18-10-8-17(9-11-18)16-6-4-15(5-7-16)12-14(3)22;1-4-5(2)3/h4-11,13,19,21H,12H2,1-3H3,(H,23,24);5H,4H2,1-3H3/t19-;/m0./s1. The molecule has 0 heterocycles. The number of ketones is 1. The van der Waals surface area contributed by atoms with Crippen LogP contribution in [0.5, 0.6) is 0 Å². The molecule has 6 nitrogen and oxygen atoms in total. The Balaban J connectivity index is 0.000000920. The molecule has 2 aromatic rings. The van der Waals surface area contributed by atoms with E-state index in [-0.39, 0.29) is 16.6 Å². The minimum atomic E-state index is -3.94. The lowest BCUT2D eigenvalue weighted by Crippen LogP contribution is -2.44. The predicted octanol–water partition coefficient (Wildman–Crippen LogP) is 4.93. The molecule has 32 heavy (non-hydrogen) atoms. The molecule has 0 amide bonds. The third kappa shape index (κ3) is 8.93. The third-order valence-corrected chi connectivity index (χ3v) is 6.39. The Morgan fingerprint density at radius 2 is 1.34 bits per heavy atom. The number of hydrogen-bond donors (Lipinski definition) is 2. The fourth-order valence-corrected chi connectivity index (χ4v) is 3.97. The van der Waals surface area contributed by atoms with Gasteiger partial charge in [0.05, 0.1) is 4.90 Å².